The zero-order valence-corrected chi connectivity index (χ0v) is 19.6. The van der Waals surface area contributed by atoms with E-state index in [9.17, 15) is 19.5 Å². The summed E-state index contributed by atoms with van der Waals surface area (Å²) in [6.45, 7) is 11.7. The van der Waals surface area contributed by atoms with Gasteiger partial charge in [0.05, 0.1) is 18.6 Å². The lowest BCUT2D eigenvalue weighted by Crippen LogP contribution is -2.56. The number of esters is 2. The molecule has 0 spiro atoms. The van der Waals surface area contributed by atoms with Crippen LogP contribution >= 0.6 is 0 Å². The van der Waals surface area contributed by atoms with Crippen LogP contribution in [0.3, 0.4) is 0 Å². The molecule has 0 bridgehead atoms. The summed E-state index contributed by atoms with van der Waals surface area (Å²) >= 11 is 0. The van der Waals surface area contributed by atoms with Crippen molar-refractivity contribution in [3.8, 4) is 5.75 Å². The predicted molar refractivity (Wildman–Crippen MR) is 115 cm³/mol. The summed E-state index contributed by atoms with van der Waals surface area (Å²) in [7, 11) is 1.52. The van der Waals surface area contributed by atoms with E-state index in [0.717, 1.165) is 0 Å². The smallest absolute Gasteiger partial charge is 0.317 e. The van der Waals surface area contributed by atoms with E-state index in [2.05, 4.69) is 0 Å². The second-order valence-electron chi connectivity index (χ2n) is 10.3. The van der Waals surface area contributed by atoms with Crippen LogP contribution in [-0.4, -0.2) is 46.7 Å². The number of ether oxygens (including phenoxy) is 3. The highest BCUT2D eigenvalue weighted by atomic mass is 16.6. The third-order valence-corrected chi connectivity index (χ3v) is 5.09. The van der Waals surface area contributed by atoms with Crippen molar-refractivity contribution in [1.82, 2.24) is 0 Å². The maximum atomic E-state index is 13.2. The van der Waals surface area contributed by atoms with Crippen molar-refractivity contribution >= 4 is 17.7 Å². The van der Waals surface area contributed by atoms with Gasteiger partial charge in [-0.25, -0.2) is 0 Å². The molecule has 0 amide bonds. The Morgan fingerprint density at radius 2 is 1.45 bits per heavy atom. The predicted octanol–water partition coefficient (Wildman–Crippen LogP) is 3.42. The van der Waals surface area contributed by atoms with Crippen LogP contribution < -0.4 is 4.74 Å². The first kappa shape index (κ1) is 24.9. The highest BCUT2D eigenvalue weighted by molar-refractivity contribution is 6.03. The first-order chi connectivity index (χ1) is 14.1. The van der Waals surface area contributed by atoms with Crippen LogP contribution in [0.1, 0.15) is 66.4 Å². The summed E-state index contributed by atoms with van der Waals surface area (Å²) in [6, 6.07) is 6.74. The number of hydrogen-bond donors (Lipinski definition) is 1. The van der Waals surface area contributed by atoms with E-state index < -0.39 is 52.3 Å². The van der Waals surface area contributed by atoms with Crippen LogP contribution in [0.15, 0.2) is 24.3 Å². The molecule has 2 rings (SSSR count). The molecule has 0 saturated heterocycles. The molecule has 0 aliphatic heterocycles. The van der Waals surface area contributed by atoms with Crippen LogP contribution in [0.5, 0.6) is 5.75 Å². The van der Waals surface area contributed by atoms with Gasteiger partial charge in [0.2, 0.25) is 0 Å². The second kappa shape index (κ2) is 8.61. The number of carbonyl (C=O) groups excluding carboxylic acids is 3. The first-order valence-electron chi connectivity index (χ1n) is 10.4. The van der Waals surface area contributed by atoms with Gasteiger partial charge in [-0.1, -0.05) is 12.1 Å². The number of rotatable bonds is 4. The van der Waals surface area contributed by atoms with Crippen LogP contribution in [0.25, 0.3) is 0 Å². The van der Waals surface area contributed by atoms with Crippen molar-refractivity contribution in [1.29, 1.82) is 0 Å². The van der Waals surface area contributed by atoms with Crippen molar-refractivity contribution < 1.29 is 33.7 Å². The Hall–Kier alpha value is -2.41. The molecule has 1 N–H and O–H groups in total. The summed E-state index contributed by atoms with van der Waals surface area (Å²) < 4.78 is 16.3. The minimum atomic E-state index is -1.69. The number of methoxy groups -OCH3 is 1. The summed E-state index contributed by atoms with van der Waals surface area (Å²) in [6.07, 6.45) is -0.354. The van der Waals surface area contributed by atoms with Gasteiger partial charge in [-0.15, -0.1) is 0 Å². The van der Waals surface area contributed by atoms with Crippen molar-refractivity contribution in [2.45, 2.75) is 77.6 Å². The Balaban J connectivity index is 2.63. The standard InChI is InChI=1S/C24H34O7/c1-22(2,3)30-20(26)18-16(25)13-24(7,28)19(21(27)31-23(4,5)6)17(18)14-9-11-15(29-8)12-10-14/h9-12,17-19,28H,13H2,1-8H3/t17-,18-,19-,24-/m1/s1. The van der Waals surface area contributed by atoms with Gasteiger partial charge in [-0.2, -0.15) is 0 Å². The maximum Gasteiger partial charge on any atom is 0.317 e. The van der Waals surface area contributed by atoms with Gasteiger partial charge >= 0.3 is 11.9 Å². The molecule has 7 nitrogen and oxygen atoms in total. The fourth-order valence-electron chi connectivity index (χ4n) is 3.97. The number of ketones is 1. The van der Waals surface area contributed by atoms with E-state index in [4.69, 9.17) is 14.2 Å². The number of carbonyl (C=O) groups is 3. The molecule has 1 aromatic rings. The summed E-state index contributed by atoms with van der Waals surface area (Å²) in [5.41, 5.74) is -2.77. The minimum absolute atomic E-state index is 0.354. The maximum absolute atomic E-state index is 13.2. The third-order valence-electron chi connectivity index (χ3n) is 5.09. The molecular formula is C24H34O7. The Morgan fingerprint density at radius 1 is 0.968 bits per heavy atom. The summed E-state index contributed by atoms with van der Waals surface area (Å²) in [5.74, 6) is -4.62. The lowest BCUT2D eigenvalue weighted by Gasteiger charge is -2.44. The van der Waals surface area contributed by atoms with Crippen LogP contribution in [0.4, 0.5) is 0 Å². The molecule has 172 valence electrons. The number of hydrogen-bond acceptors (Lipinski definition) is 7. The van der Waals surface area contributed by atoms with Crippen LogP contribution in [-0.2, 0) is 23.9 Å². The fourth-order valence-corrected chi connectivity index (χ4v) is 3.97. The molecule has 0 radical (unpaired) electrons. The van der Waals surface area contributed by atoms with Crippen molar-refractivity contribution in [2.75, 3.05) is 7.11 Å². The van der Waals surface area contributed by atoms with E-state index in [-0.39, 0.29) is 6.42 Å². The largest absolute Gasteiger partial charge is 0.497 e. The SMILES string of the molecule is COc1ccc([C@@H]2[C@H](C(=O)OC(C)(C)C)C(=O)C[C@@](C)(O)[C@H]2C(=O)OC(C)(C)C)cc1. The molecule has 1 fully saturated rings. The van der Waals surface area contributed by atoms with Crippen molar-refractivity contribution in [2.24, 2.45) is 11.8 Å². The van der Waals surface area contributed by atoms with E-state index in [1.807, 2.05) is 0 Å². The van der Waals surface area contributed by atoms with Crippen LogP contribution in [0, 0.1) is 11.8 Å². The monoisotopic (exact) mass is 434 g/mol. The molecule has 1 aromatic carbocycles. The van der Waals surface area contributed by atoms with Crippen molar-refractivity contribution in [3.63, 3.8) is 0 Å². The topological polar surface area (TPSA) is 99.1 Å². The van der Waals surface area contributed by atoms with Gasteiger partial charge in [0, 0.05) is 12.3 Å². The molecule has 31 heavy (non-hydrogen) atoms. The summed E-state index contributed by atoms with van der Waals surface area (Å²) in [4.78, 5) is 39.4. The lowest BCUT2D eigenvalue weighted by molar-refractivity contribution is -0.182. The van der Waals surface area contributed by atoms with Gasteiger partial charge in [-0.3, -0.25) is 14.4 Å². The highest BCUT2D eigenvalue weighted by Crippen LogP contribution is 2.47. The van der Waals surface area contributed by atoms with Gasteiger partial charge in [0.15, 0.2) is 5.78 Å². The minimum Gasteiger partial charge on any atom is -0.497 e. The number of Topliss-reactive ketones (excluding diaryl/α,β-unsaturated/α-hetero) is 1. The Morgan fingerprint density at radius 3 is 1.90 bits per heavy atom. The number of benzene rings is 1. The van der Waals surface area contributed by atoms with E-state index in [1.165, 1.54) is 14.0 Å². The lowest BCUT2D eigenvalue weighted by atomic mass is 9.61. The molecule has 7 heteroatoms. The normalized spacial score (nSPS) is 26.9. The zero-order valence-electron chi connectivity index (χ0n) is 19.6. The molecule has 0 unspecified atom stereocenters. The molecule has 1 aliphatic rings. The van der Waals surface area contributed by atoms with E-state index >= 15 is 0 Å². The molecule has 1 saturated carbocycles. The molecule has 4 atom stereocenters. The molecule has 1 aliphatic carbocycles. The molecule has 0 heterocycles. The van der Waals surface area contributed by atoms with Gasteiger partial charge < -0.3 is 19.3 Å². The Bertz CT molecular complexity index is 825. The van der Waals surface area contributed by atoms with Gasteiger partial charge in [-0.05, 0) is 66.2 Å². The number of aliphatic hydroxyl groups is 1. The zero-order chi connectivity index (χ0) is 23.8. The molecular weight excluding hydrogens is 400 g/mol. The average molecular weight is 435 g/mol. The third kappa shape index (κ3) is 6.06. The quantitative estimate of drug-likeness (QED) is 0.573. The van der Waals surface area contributed by atoms with E-state index in [1.54, 1.807) is 65.8 Å². The summed E-state index contributed by atoms with van der Waals surface area (Å²) in [5, 5.41) is 11.1. The average Bonchev–Trinajstić information content (AvgIpc) is 2.56. The second-order valence-corrected chi connectivity index (χ2v) is 10.3. The first-order valence-corrected chi connectivity index (χ1v) is 10.4. The van der Waals surface area contributed by atoms with Gasteiger partial charge in [0.25, 0.3) is 0 Å². The fraction of sp³-hybridized carbons (Fsp3) is 0.625. The van der Waals surface area contributed by atoms with Crippen LogP contribution in [0.2, 0.25) is 0 Å². The Labute approximate surface area is 184 Å². The van der Waals surface area contributed by atoms with Crippen molar-refractivity contribution in [3.05, 3.63) is 29.8 Å². The Kier molecular flexibility index (Phi) is 6.91. The highest BCUT2D eigenvalue weighted by Gasteiger charge is 2.57. The van der Waals surface area contributed by atoms with E-state index in [0.29, 0.717) is 11.3 Å². The molecule has 0 aromatic heterocycles. The van der Waals surface area contributed by atoms with Gasteiger partial charge in [0.1, 0.15) is 22.9 Å².